The number of nitrogens with zero attached hydrogens (tertiary/aromatic N) is 1. The fraction of sp³-hybridized carbons (Fsp3) is 0.360. The van der Waals surface area contributed by atoms with Crippen molar-refractivity contribution < 1.29 is 18.0 Å². The van der Waals surface area contributed by atoms with E-state index < -0.39 is 10.0 Å². The van der Waals surface area contributed by atoms with E-state index in [1.54, 1.807) is 58.9 Å². The third-order valence-electron chi connectivity index (χ3n) is 5.48. The van der Waals surface area contributed by atoms with E-state index in [-0.39, 0.29) is 16.7 Å². The van der Waals surface area contributed by atoms with Gasteiger partial charge in [0.1, 0.15) is 0 Å². The molecule has 7 nitrogen and oxygen atoms in total. The number of hydrogen-bond acceptors (Lipinski definition) is 4. The van der Waals surface area contributed by atoms with Gasteiger partial charge in [-0.15, -0.1) is 0 Å². The maximum Gasteiger partial charge on any atom is 0.253 e. The molecule has 0 unspecified atom stereocenters. The number of hydrogen-bond donors (Lipinski definition) is 2. The summed E-state index contributed by atoms with van der Waals surface area (Å²) in [6, 6.07) is 13.3. The molecule has 8 heteroatoms. The van der Waals surface area contributed by atoms with Gasteiger partial charge >= 0.3 is 0 Å². The molecule has 0 spiro atoms. The predicted octanol–water partition coefficient (Wildman–Crippen LogP) is 4.04. The summed E-state index contributed by atoms with van der Waals surface area (Å²) >= 11 is 0. The average molecular weight is 470 g/mol. The minimum absolute atomic E-state index is 0.238. The van der Waals surface area contributed by atoms with Crippen LogP contribution in [0, 0.1) is 0 Å². The Labute approximate surface area is 195 Å². The van der Waals surface area contributed by atoms with Crippen molar-refractivity contribution in [1.82, 2.24) is 9.62 Å². The van der Waals surface area contributed by atoms with E-state index in [1.807, 2.05) is 6.92 Å². The van der Waals surface area contributed by atoms with E-state index in [1.165, 1.54) is 6.08 Å². The number of sulfonamides is 1. The number of carbonyl (C=O) groups is 2. The molecule has 0 bridgehead atoms. The smallest absolute Gasteiger partial charge is 0.253 e. The van der Waals surface area contributed by atoms with E-state index in [0.29, 0.717) is 36.4 Å². The summed E-state index contributed by atoms with van der Waals surface area (Å²) in [5.74, 6) is -0.620. The number of amides is 2. The lowest BCUT2D eigenvalue weighted by Crippen LogP contribution is -2.31. The molecule has 2 N–H and O–H groups in total. The fourth-order valence-electron chi connectivity index (χ4n) is 3.65. The summed E-state index contributed by atoms with van der Waals surface area (Å²) in [5, 5.41) is 5.54. The Morgan fingerprint density at radius 3 is 2.30 bits per heavy atom. The van der Waals surface area contributed by atoms with Crippen LogP contribution in [-0.2, 0) is 14.8 Å². The highest BCUT2D eigenvalue weighted by Gasteiger charge is 2.24. The molecule has 1 heterocycles. The Morgan fingerprint density at radius 2 is 1.64 bits per heavy atom. The van der Waals surface area contributed by atoms with Gasteiger partial charge in [-0.2, -0.15) is 4.31 Å². The Balaban J connectivity index is 1.65. The summed E-state index contributed by atoms with van der Waals surface area (Å²) in [5.41, 5.74) is 1.53. The van der Waals surface area contributed by atoms with Gasteiger partial charge in [0.05, 0.1) is 16.1 Å². The molecule has 1 aliphatic rings. The number of nitrogens with one attached hydrogen (secondary N) is 2. The van der Waals surface area contributed by atoms with E-state index in [0.717, 1.165) is 32.1 Å². The molecule has 1 saturated heterocycles. The van der Waals surface area contributed by atoms with Gasteiger partial charge in [0.2, 0.25) is 15.9 Å². The molecule has 0 aromatic heterocycles. The van der Waals surface area contributed by atoms with Crippen LogP contribution in [0.15, 0.2) is 59.5 Å². The minimum Gasteiger partial charge on any atom is -0.352 e. The van der Waals surface area contributed by atoms with E-state index in [2.05, 4.69) is 10.6 Å². The number of rotatable bonds is 8. The van der Waals surface area contributed by atoms with Gasteiger partial charge in [-0.05, 0) is 55.2 Å². The van der Waals surface area contributed by atoms with Crippen LogP contribution < -0.4 is 10.6 Å². The predicted molar refractivity (Wildman–Crippen MR) is 130 cm³/mol. The van der Waals surface area contributed by atoms with Gasteiger partial charge in [-0.25, -0.2) is 8.42 Å². The van der Waals surface area contributed by atoms with Gasteiger partial charge in [0, 0.05) is 25.7 Å². The van der Waals surface area contributed by atoms with Crippen LogP contribution in [0.5, 0.6) is 0 Å². The zero-order valence-electron chi connectivity index (χ0n) is 18.9. The van der Waals surface area contributed by atoms with Crippen molar-refractivity contribution in [3.05, 3.63) is 65.7 Å². The summed E-state index contributed by atoms with van der Waals surface area (Å²) in [6.07, 6.45) is 7.69. The largest absolute Gasteiger partial charge is 0.352 e. The first-order valence-corrected chi connectivity index (χ1v) is 12.8. The van der Waals surface area contributed by atoms with Gasteiger partial charge in [-0.3, -0.25) is 9.59 Å². The summed E-state index contributed by atoms with van der Waals surface area (Å²) < 4.78 is 27.3. The van der Waals surface area contributed by atoms with Crippen LogP contribution in [0.1, 0.15) is 54.9 Å². The van der Waals surface area contributed by atoms with Crippen LogP contribution in [0.25, 0.3) is 6.08 Å². The topological polar surface area (TPSA) is 95.6 Å². The van der Waals surface area contributed by atoms with Crippen molar-refractivity contribution >= 4 is 33.6 Å². The molecule has 0 radical (unpaired) electrons. The number of benzene rings is 2. The molecule has 2 amide bonds. The number of anilines is 1. The van der Waals surface area contributed by atoms with Crippen molar-refractivity contribution in [2.24, 2.45) is 0 Å². The molecule has 2 aromatic rings. The van der Waals surface area contributed by atoms with Gasteiger partial charge in [-0.1, -0.05) is 44.0 Å². The zero-order chi connectivity index (χ0) is 23.7. The van der Waals surface area contributed by atoms with Crippen molar-refractivity contribution in [3.63, 3.8) is 0 Å². The summed E-state index contributed by atoms with van der Waals surface area (Å²) in [7, 11) is -3.50. The molecule has 33 heavy (non-hydrogen) atoms. The highest BCUT2D eigenvalue weighted by molar-refractivity contribution is 7.89. The van der Waals surface area contributed by atoms with Crippen LogP contribution in [0.2, 0.25) is 0 Å². The third kappa shape index (κ3) is 6.76. The Bertz CT molecular complexity index is 1090. The van der Waals surface area contributed by atoms with Crippen LogP contribution in [-0.4, -0.2) is 44.2 Å². The highest BCUT2D eigenvalue weighted by Crippen LogP contribution is 2.21. The molecular formula is C25H31N3O4S. The highest BCUT2D eigenvalue weighted by atomic mass is 32.2. The van der Waals surface area contributed by atoms with Gasteiger partial charge in [0.15, 0.2) is 0 Å². The lowest BCUT2D eigenvalue weighted by atomic mass is 10.1. The zero-order valence-corrected chi connectivity index (χ0v) is 19.7. The van der Waals surface area contributed by atoms with E-state index in [4.69, 9.17) is 0 Å². The first-order valence-electron chi connectivity index (χ1n) is 11.4. The van der Waals surface area contributed by atoms with Crippen molar-refractivity contribution in [2.75, 3.05) is 25.0 Å². The molecule has 0 atom stereocenters. The molecular weight excluding hydrogens is 438 g/mol. The second-order valence-corrected chi connectivity index (χ2v) is 9.95. The van der Waals surface area contributed by atoms with Crippen LogP contribution >= 0.6 is 0 Å². The van der Waals surface area contributed by atoms with Crippen LogP contribution in [0.3, 0.4) is 0 Å². The number of para-hydroxylation sites is 1. The van der Waals surface area contributed by atoms with E-state index in [9.17, 15) is 18.0 Å². The molecule has 3 rings (SSSR count). The quantitative estimate of drug-likeness (QED) is 0.571. The normalized spacial score (nSPS) is 15.2. The van der Waals surface area contributed by atoms with Crippen molar-refractivity contribution in [3.8, 4) is 0 Å². The summed E-state index contributed by atoms with van der Waals surface area (Å²) in [6.45, 7) is 3.64. The third-order valence-corrected chi connectivity index (χ3v) is 7.39. The first-order chi connectivity index (χ1) is 15.9. The monoisotopic (exact) mass is 469 g/mol. The maximum absolute atomic E-state index is 12.9. The second kappa shape index (κ2) is 11.8. The first kappa shape index (κ1) is 24.7. The second-order valence-electron chi connectivity index (χ2n) is 8.01. The number of carbonyl (C=O) groups excluding carboxylic acids is 2. The van der Waals surface area contributed by atoms with Crippen molar-refractivity contribution in [1.29, 1.82) is 0 Å². The molecule has 1 fully saturated rings. The summed E-state index contributed by atoms with van der Waals surface area (Å²) in [4.78, 5) is 25.0. The van der Waals surface area contributed by atoms with Gasteiger partial charge < -0.3 is 10.6 Å². The minimum atomic E-state index is -3.50. The van der Waals surface area contributed by atoms with Crippen LogP contribution in [0.4, 0.5) is 5.69 Å². The molecule has 2 aromatic carbocycles. The average Bonchev–Trinajstić information content (AvgIpc) is 3.12. The Morgan fingerprint density at radius 1 is 0.970 bits per heavy atom. The van der Waals surface area contributed by atoms with Gasteiger partial charge in [0.25, 0.3) is 5.91 Å². The molecule has 176 valence electrons. The standard InChI is InChI=1S/C25H31N3O4S/c1-2-17-26-25(30)22-9-5-6-10-23(22)27-24(29)16-13-20-11-14-21(15-12-20)33(31,32)28-18-7-3-4-8-19-28/h5-6,9-16H,2-4,7-8,17-19H2,1H3,(H,26,30)(H,27,29)/b16-13+. The lowest BCUT2D eigenvalue weighted by molar-refractivity contribution is -0.111. The molecule has 1 aliphatic heterocycles. The maximum atomic E-state index is 12.9. The molecule has 0 saturated carbocycles. The van der Waals surface area contributed by atoms with E-state index >= 15 is 0 Å². The fourth-order valence-corrected chi connectivity index (χ4v) is 5.17. The Kier molecular flexibility index (Phi) is 8.79. The Hall–Kier alpha value is -2.97. The lowest BCUT2D eigenvalue weighted by Gasteiger charge is -2.19. The molecule has 0 aliphatic carbocycles. The van der Waals surface area contributed by atoms with Crippen molar-refractivity contribution in [2.45, 2.75) is 43.9 Å². The SMILES string of the molecule is CCCNC(=O)c1ccccc1NC(=O)/C=C/c1ccc(S(=O)(=O)N2CCCCCC2)cc1.